The number of nitrogens with zero attached hydrogens (tertiary/aromatic N) is 1. The summed E-state index contributed by atoms with van der Waals surface area (Å²) >= 11 is 1.73. The molecular formula is C17H27N3S. The minimum absolute atomic E-state index is 0.817. The summed E-state index contributed by atoms with van der Waals surface area (Å²) in [5, 5.41) is 11.4. The monoisotopic (exact) mass is 305 g/mol. The van der Waals surface area contributed by atoms with Crippen molar-refractivity contribution < 1.29 is 0 Å². The lowest BCUT2D eigenvalue weighted by Crippen LogP contribution is -2.34. The Bertz CT molecular complexity index is 456. The van der Waals surface area contributed by atoms with E-state index in [4.69, 9.17) is 0 Å². The van der Waals surface area contributed by atoms with E-state index in [2.05, 4.69) is 45.5 Å². The second-order valence-corrected chi connectivity index (χ2v) is 6.33. The lowest BCUT2D eigenvalue weighted by molar-refractivity contribution is 0.361. The van der Waals surface area contributed by atoms with Crippen molar-refractivity contribution in [3.8, 4) is 0 Å². The van der Waals surface area contributed by atoms with Crippen molar-refractivity contribution in [3.63, 3.8) is 0 Å². The summed E-state index contributed by atoms with van der Waals surface area (Å²) in [7, 11) is 1.89. The van der Waals surface area contributed by atoms with Crippen LogP contribution in [0.4, 0.5) is 0 Å². The number of hydrogen-bond acceptors (Lipinski definition) is 4. The number of piperidine rings is 1. The summed E-state index contributed by atoms with van der Waals surface area (Å²) in [4.78, 5) is 4.52. The highest BCUT2D eigenvalue weighted by Crippen LogP contribution is 2.14. The van der Waals surface area contributed by atoms with E-state index in [0.29, 0.717) is 0 Å². The van der Waals surface area contributed by atoms with Gasteiger partial charge in [0.1, 0.15) is 0 Å². The maximum absolute atomic E-state index is 4.52. The first-order valence-corrected chi connectivity index (χ1v) is 8.89. The summed E-state index contributed by atoms with van der Waals surface area (Å²) in [6.45, 7) is 6.55. The first-order valence-electron chi connectivity index (χ1n) is 7.95. The van der Waals surface area contributed by atoms with Gasteiger partial charge in [0.2, 0.25) is 0 Å². The largest absolute Gasteiger partial charge is 0.317 e. The van der Waals surface area contributed by atoms with Gasteiger partial charge in [-0.1, -0.05) is 13.0 Å². The van der Waals surface area contributed by atoms with Crippen molar-refractivity contribution in [1.82, 2.24) is 10.6 Å². The van der Waals surface area contributed by atoms with Crippen LogP contribution in [0.25, 0.3) is 0 Å². The van der Waals surface area contributed by atoms with E-state index in [0.717, 1.165) is 31.1 Å². The fraction of sp³-hybridized carbons (Fsp3) is 0.588. The van der Waals surface area contributed by atoms with Gasteiger partial charge in [0, 0.05) is 24.5 Å². The van der Waals surface area contributed by atoms with Crippen LogP contribution in [0, 0.1) is 5.92 Å². The van der Waals surface area contributed by atoms with Crippen LogP contribution in [0.15, 0.2) is 33.5 Å². The first-order chi connectivity index (χ1) is 10.3. The summed E-state index contributed by atoms with van der Waals surface area (Å²) < 4.78 is 0. The minimum atomic E-state index is 0.817. The predicted molar refractivity (Wildman–Crippen MR) is 93.6 cm³/mol. The van der Waals surface area contributed by atoms with Gasteiger partial charge in [0.15, 0.2) is 0 Å². The average molecular weight is 305 g/mol. The Hall–Kier alpha value is -0.970. The molecule has 0 radical (unpaired) electrons. The van der Waals surface area contributed by atoms with Crippen molar-refractivity contribution in [2.75, 3.05) is 33.2 Å². The molecule has 1 aromatic rings. The lowest BCUT2D eigenvalue weighted by atomic mass is 9.97. The summed E-state index contributed by atoms with van der Waals surface area (Å²) in [6, 6.07) is 2.16. The molecule has 4 heteroatoms. The molecule has 2 rings (SSSR count). The second kappa shape index (κ2) is 9.13. The van der Waals surface area contributed by atoms with Crippen molar-refractivity contribution in [2.24, 2.45) is 10.9 Å². The normalized spacial score (nSPS) is 18.2. The highest BCUT2D eigenvalue weighted by atomic mass is 32.1. The maximum Gasteiger partial charge on any atom is 0.0693 e. The van der Waals surface area contributed by atoms with Gasteiger partial charge in [-0.05, 0) is 61.8 Å². The third-order valence-electron chi connectivity index (χ3n) is 3.98. The zero-order valence-electron chi connectivity index (χ0n) is 13.2. The molecule has 0 atom stereocenters. The molecule has 1 aliphatic rings. The standard InChI is InChI=1S/C17H27N3S/c1-3-4-15(17(18-2)16-7-10-21-13-16)12-20-11-14-5-8-19-9-6-14/h4,7,10,13-14,19-20H,3,5-6,8-9,11-12H2,1-2H3/b15-4-,18-17?. The number of rotatable bonds is 7. The van der Waals surface area contributed by atoms with Crippen LogP contribution in [0.3, 0.4) is 0 Å². The molecule has 21 heavy (non-hydrogen) atoms. The second-order valence-electron chi connectivity index (χ2n) is 5.55. The van der Waals surface area contributed by atoms with E-state index in [1.807, 2.05) is 7.05 Å². The summed E-state index contributed by atoms with van der Waals surface area (Å²) in [6.07, 6.45) is 5.93. The van der Waals surface area contributed by atoms with Crippen LogP contribution in [-0.4, -0.2) is 38.9 Å². The molecule has 2 N–H and O–H groups in total. The molecule has 0 unspecified atom stereocenters. The van der Waals surface area contributed by atoms with Crippen molar-refractivity contribution in [3.05, 3.63) is 34.0 Å². The minimum Gasteiger partial charge on any atom is -0.317 e. The third kappa shape index (κ3) is 5.06. The van der Waals surface area contributed by atoms with Crippen LogP contribution in [0.5, 0.6) is 0 Å². The predicted octanol–water partition coefficient (Wildman–Crippen LogP) is 3.09. The van der Waals surface area contributed by atoms with E-state index in [1.165, 1.54) is 37.1 Å². The molecule has 0 amide bonds. The van der Waals surface area contributed by atoms with Crippen molar-refractivity contribution in [2.45, 2.75) is 26.2 Å². The third-order valence-corrected chi connectivity index (χ3v) is 4.66. The van der Waals surface area contributed by atoms with Gasteiger partial charge < -0.3 is 10.6 Å². The Kier molecular flexibility index (Phi) is 7.13. The molecule has 0 aromatic carbocycles. The quantitative estimate of drug-likeness (QED) is 0.760. The highest BCUT2D eigenvalue weighted by molar-refractivity contribution is 7.08. The van der Waals surface area contributed by atoms with Gasteiger partial charge in [0.05, 0.1) is 5.71 Å². The number of allylic oxidation sites excluding steroid dienone is 1. The molecule has 116 valence electrons. The van der Waals surface area contributed by atoms with E-state index in [1.54, 1.807) is 11.3 Å². The van der Waals surface area contributed by atoms with Crippen LogP contribution in [0.1, 0.15) is 31.7 Å². The topological polar surface area (TPSA) is 36.4 Å². The van der Waals surface area contributed by atoms with Crippen LogP contribution >= 0.6 is 11.3 Å². The van der Waals surface area contributed by atoms with Crippen LogP contribution < -0.4 is 10.6 Å². The Morgan fingerprint density at radius 2 is 2.29 bits per heavy atom. The Morgan fingerprint density at radius 1 is 1.48 bits per heavy atom. The Balaban J connectivity index is 1.91. The fourth-order valence-corrected chi connectivity index (χ4v) is 3.49. The average Bonchev–Trinajstić information content (AvgIpc) is 3.03. The molecule has 2 heterocycles. The molecule has 1 aliphatic heterocycles. The molecule has 0 saturated carbocycles. The van der Waals surface area contributed by atoms with Crippen LogP contribution in [-0.2, 0) is 0 Å². The summed E-state index contributed by atoms with van der Waals surface area (Å²) in [5.74, 6) is 0.817. The number of aliphatic imine (C=N–C) groups is 1. The molecule has 3 nitrogen and oxygen atoms in total. The van der Waals surface area contributed by atoms with Gasteiger partial charge in [0.25, 0.3) is 0 Å². The van der Waals surface area contributed by atoms with Gasteiger partial charge in [-0.15, -0.1) is 0 Å². The highest BCUT2D eigenvalue weighted by Gasteiger charge is 2.14. The van der Waals surface area contributed by atoms with Gasteiger partial charge in [-0.25, -0.2) is 0 Å². The van der Waals surface area contributed by atoms with Crippen molar-refractivity contribution in [1.29, 1.82) is 0 Å². The number of thiophene rings is 1. The van der Waals surface area contributed by atoms with Gasteiger partial charge in [-0.3, -0.25) is 4.99 Å². The molecule has 1 saturated heterocycles. The number of nitrogens with one attached hydrogen (secondary N) is 2. The molecule has 1 fully saturated rings. The molecule has 0 bridgehead atoms. The molecule has 1 aromatic heterocycles. The van der Waals surface area contributed by atoms with E-state index < -0.39 is 0 Å². The molecular weight excluding hydrogens is 278 g/mol. The Labute approximate surface area is 132 Å². The van der Waals surface area contributed by atoms with E-state index in [-0.39, 0.29) is 0 Å². The first kappa shape index (κ1) is 16.4. The van der Waals surface area contributed by atoms with Crippen LogP contribution in [0.2, 0.25) is 0 Å². The Morgan fingerprint density at radius 3 is 2.90 bits per heavy atom. The summed E-state index contributed by atoms with van der Waals surface area (Å²) in [5.41, 5.74) is 3.70. The van der Waals surface area contributed by atoms with E-state index in [9.17, 15) is 0 Å². The zero-order chi connectivity index (χ0) is 14.9. The molecule has 0 aliphatic carbocycles. The lowest BCUT2D eigenvalue weighted by Gasteiger charge is -2.23. The SMILES string of the molecule is CC/C=C(/CNCC1CCNCC1)C(=NC)c1ccsc1. The van der Waals surface area contributed by atoms with Gasteiger partial charge >= 0.3 is 0 Å². The maximum atomic E-state index is 4.52. The van der Waals surface area contributed by atoms with Crippen molar-refractivity contribution >= 4 is 17.0 Å². The zero-order valence-corrected chi connectivity index (χ0v) is 14.0. The number of hydrogen-bond donors (Lipinski definition) is 2. The van der Waals surface area contributed by atoms with E-state index >= 15 is 0 Å². The smallest absolute Gasteiger partial charge is 0.0693 e. The van der Waals surface area contributed by atoms with Gasteiger partial charge in [-0.2, -0.15) is 11.3 Å². The molecule has 0 spiro atoms. The fourth-order valence-electron chi connectivity index (χ4n) is 2.85.